The fraction of sp³-hybridized carbons (Fsp3) is 1.00. The number of nitrogens with zero attached hydrogens (tertiary/aromatic N) is 2. The number of aliphatic hydroxyl groups is 1. The molecule has 1 rings (SSSR count). The van der Waals surface area contributed by atoms with Crippen LogP contribution in [-0.4, -0.2) is 60.8 Å². The molecule has 0 bridgehead atoms. The van der Waals surface area contributed by atoms with E-state index in [0.717, 1.165) is 32.2 Å². The highest BCUT2D eigenvalue weighted by Gasteiger charge is 2.13. The average molecular weight is 228 g/mol. The van der Waals surface area contributed by atoms with Gasteiger partial charge in [-0.1, -0.05) is 19.8 Å². The van der Waals surface area contributed by atoms with Crippen molar-refractivity contribution >= 4 is 0 Å². The molecule has 0 aromatic rings. The molecule has 0 aromatic carbocycles. The molecular formula is C13H28N2O. The molecule has 1 atom stereocenters. The number of hydrogen-bond donors (Lipinski definition) is 1. The highest BCUT2D eigenvalue weighted by atomic mass is 16.3. The summed E-state index contributed by atoms with van der Waals surface area (Å²) >= 11 is 0. The van der Waals surface area contributed by atoms with Crippen LogP contribution in [0.2, 0.25) is 0 Å². The fourth-order valence-electron chi connectivity index (χ4n) is 2.21. The molecule has 0 saturated carbocycles. The lowest BCUT2D eigenvalue weighted by Gasteiger charge is -2.32. The second-order valence-corrected chi connectivity index (χ2v) is 5.08. The van der Waals surface area contributed by atoms with E-state index in [1.165, 1.54) is 32.6 Å². The first-order valence-electron chi connectivity index (χ1n) is 6.81. The summed E-state index contributed by atoms with van der Waals surface area (Å²) in [6.45, 7) is 8.12. The molecule has 0 radical (unpaired) electrons. The van der Waals surface area contributed by atoms with Crippen molar-refractivity contribution in [2.24, 2.45) is 0 Å². The van der Waals surface area contributed by atoms with Crippen LogP contribution in [0.25, 0.3) is 0 Å². The predicted molar refractivity (Wildman–Crippen MR) is 68.7 cm³/mol. The topological polar surface area (TPSA) is 26.7 Å². The molecule has 1 saturated heterocycles. The Kier molecular flexibility index (Phi) is 7.01. The lowest BCUT2D eigenvalue weighted by atomic mass is 10.1. The fourth-order valence-corrected chi connectivity index (χ4v) is 2.21. The number of unbranched alkanes of at least 4 members (excludes halogenated alkanes) is 1. The lowest BCUT2D eigenvalue weighted by molar-refractivity contribution is 0.125. The minimum atomic E-state index is -0.0626. The van der Waals surface area contributed by atoms with E-state index in [1.807, 2.05) is 0 Å². The first-order valence-corrected chi connectivity index (χ1v) is 6.81. The first-order chi connectivity index (χ1) is 7.72. The van der Waals surface area contributed by atoms with Gasteiger partial charge in [0.1, 0.15) is 0 Å². The highest BCUT2D eigenvalue weighted by molar-refractivity contribution is 4.69. The summed E-state index contributed by atoms with van der Waals surface area (Å²) in [5, 5.41) is 9.73. The number of piperazine rings is 1. The largest absolute Gasteiger partial charge is 0.393 e. The van der Waals surface area contributed by atoms with Gasteiger partial charge in [0.25, 0.3) is 0 Å². The third-order valence-corrected chi connectivity index (χ3v) is 3.50. The van der Waals surface area contributed by atoms with Gasteiger partial charge in [-0.25, -0.2) is 0 Å². The van der Waals surface area contributed by atoms with E-state index < -0.39 is 0 Å². The minimum Gasteiger partial charge on any atom is -0.393 e. The first kappa shape index (κ1) is 13.9. The van der Waals surface area contributed by atoms with Crippen LogP contribution in [0, 0.1) is 0 Å². The number of rotatable bonds is 7. The summed E-state index contributed by atoms with van der Waals surface area (Å²) in [6, 6.07) is 0. The van der Waals surface area contributed by atoms with Crippen molar-refractivity contribution in [1.82, 2.24) is 9.80 Å². The predicted octanol–water partition coefficient (Wildman–Crippen LogP) is 1.57. The second kappa shape index (κ2) is 8.04. The van der Waals surface area contributed by atoms with Crippen LogP contribution < -0.4 is 0 Å². The molecule has 96 valence electrons. The molecule has 1 aliphatic heterocycles. The van der Waals surface area contributed by atoms with Gasteiger partial charge in [0, 0.05) is 26.2 Å². The van der Waals surface area contributed by atoms with Crippen molar-refractivity contribution in [3.63, 3.8) is 0 Å². The maximum atomic E-state index is 9.73. The molecule has 0 spiro atoms. The lowest BCUT2D eigenvalue weighted by Crippen LogP contribution is -2.44. The zero-order chi connectivity index (χ0) is 11.8. The van der Waals surface area contributed by atoms with E-state index in [2.05, 4.69) is 23.8 Å². The Bertz CT molecular complexity index is 167. The van der Waals surface area contributed by atoms with Crippen LogP contribution in [0.4, 0.5) is 0 Å². The van der Waals surface area contributed by atoms with Gasteiger partial charge in [0.2, 0.25) is 0 Å². The van der Waals surface area contributed by atoms with E-state index in [0.29, 0.717) is 0 Å². The summed E-state index contributed by atoms with van der Waals surface area (Å²) in [4.78, 5) is 4.90. The Morgan fingerprint density at radius 3 is 2.31 bits per heavy atom. The van der Waals surface area contributed by atoms with E-state index in [9.17, 15) is 5.11 Å². The van der Waals surface area contributed by atoms with Crippen LogP contribution in [-0.2, 0) is 0 Å². The van der Waals surface area contributed by atoms with Crippen molar-refractivity contribution < 1.29 is 5.11 Å². The van der Waals surface area contributed by atoms with Crippen LogP contribution >= 0.6 is 0 Å². The van der Waals surface area contributed by atoms with E-state index in [-0.39, 0.29) is 6.10 Å². The van der Waals surface area contributed by atoms with Gasteiger partial charge in [0.05, 0.1) is 6.10 Å². The molecule has 1 fully saturated rings. The molecule has 1 N–H and O–H groups in total. The Hall–Kier alpha value is -0.120. The van der Waals surface area contributed by atoms with E-state index in [1.54, 1.807) is 0 Å². The van der Waals surface area contributed by atoms with Crippen LogP contribution in [0.3, 0.4) is 0 Å². The number of aliphatic hydroxyl groups excluding tert-OH is 1. The summed E-state index contributed by atoms with van der Waals surface area (Å²) < 4.78 is 0. The van der Waals surface area contributed by atoms with Crippen molar-refractivity contribution in [2.75, 3.05) is 39.8 Å². The third-order valence-electron chi connectivity index (χ3n) is 3.50. The third kappa shape index (κ3) is 5.83. The molecule has 0 unspecified atom stereocenters. The van der Waals surface area contributed by atoms with E-state index >= 15 is 0 Å². The normalized spacial score (nSPS) is 21.2. The molecular weight excluding hydrogens is 200 g/mol. The summed E-state index contributed by atoms with van der Waals surface area (Å²) in [5.74, 6) is 0. The van der Waals surface area contributed by atoms with Gasteiger partial charge in [0.15, 0.2) is 0 Å². The molecule has 0 amide bonds. The van der Waals surface area contributed by atoms with Crippen molar-refractivity contribution in [3.05, 3.63) is 0 Å². The van der Waals surface area contributed by atoms with Crippen LogP contribution in [0.1, 0.15) is 39.0 Å². The molecule has 1 aliphatic rings. The molecule has 0 aliphatic carbocycles. The smallest absolute Gasteiger partial charge is 0.0540 e. The minimum absolute atomic E-state index is 0.0626. The zero-order valence-electron chi connectivity index (χ0n) is 11.0. The molecule has 0 aromatic heterocycles. The SMILES string of the molecule is CCCC[C@H](O)CCCN1CCN(C)CC1. The molecule has 3 nitrogen and oxygen atoms in total. The Morgan fingerprint density at radius 1 is 1.06 bits per heavy atom. The standard InChI is InChI=1S/C13H28N2O/c1-3-4-6-13(16)7-5-8-15-11-9-14(2)10-12-15/h13,16H,3-12H2,1-2H3/t13-/m0/s1. The van der Waals surface area contributed by atoms with Gasteiger partial charge < -0.3 is 14.9 Å². The van der Waals surface area contributed by atoms with Crippen molar-refractivity contribution in [1.29, 1.82) is 0 Å². The monoisotopic (exact) mass is 228 g/mol. The summed E-state index contributed by atoms with van der Waals surface area (Å²) in [6.07, 6.45) is 5.40. The van der Waals surface area contributed by atoms with Gasteiger partial charge in [-0.05, 0) is 32.9 Å². The van der Waals surface area contributed by atoms with Crippen LogP contribution in [0.15, 0.2) is 0 Å². The highest BCUT2D eigenvalue weighted by Crippen LogP contribution is 2.08. The van der Waals surface area contributed by atoms with Crippen molar-refractivity contribution in [3.8, 4) is 0 Å². The van der Waals surface area contributed by atoms with Gasteiger partial charge >= 0.3 is 0 Å². The quantitative estimate of drug-likeness (QED) is 0.716. The number of hydrogen-bond acceptors (Lipinski definition) is 3. The Morgan fingerprint density at radius 2 is 1.69 bits per heavy atom. The molecule has 16 heavy (non-hydrogen) atoms. The maximum absolute atomic E-state index is 9.73. The summed E-state index contributed by atoms with van der Waals surface area (Å²) in [7, 11) is 2.19. The zero-order valence-corrected chi connectivity index (χ0v) is 11.0. The maximum Gasteiger partial charge on any atom is 0.0540 e. The van der Waals surface area contributed by atoms with Gasteiger partial charge in [-0.2, -0.15) is 0 Å². The molecule has 3 heteroatoms. The second-order valence-electron chi connectivity index (χ2n) is 5.08. The van der Waals surface area contributed by atoms with Crippen molar-refractivity contribution in [2.45, 2.75) is 45.1 Å². The Balaban J connectivity index is 1.98. The Labute approximate surface area is 100 Å². The molecule has 1 heterocycles. The number of likely N-dealkylation sites (N-methyl/N-ethyl adjacent to an activating group) is 1. The van der Waals surface area contributed by atoms with Gasteiger partial charge in [-0.3, -0.25) is 0 Å². The average Bonchev–Trinajstić information content (AvgIpc) is 2.29. The van der Waals surface area contributed by atoms with Crippen LogP contribution in [0.5, 0.6) is 0 Å². The summed E-state index contributed by atoms with van der Waals surface area (Å²) in [5.41, 5.74) is 0. The van der Waals surface area contributed by atoms with E-state index in [4.69, 9.17) is 0 Å². The van der Waals surface area contributed by atoms with Gasteiger partial charge in [-0.15, -0.1) is 0 Å².